The smallest absolute Gasteiger partial charge is 0.305 e. The van der Waals surface area contributed by atoms with Crippen LogP contribution >= 0.6 is 11.6 Å². The molecule has 1 fully saturated rings. The van der Waals surface area contributed by atoms with Crippen molar-refractivity contribution in [2.75, 3.05) is 6.54 Å². The SMILES string of the molecule is Cc1cc(C(=O)CN2C(=O)C(c3ccc(C(F)(F)F)cc3)=NC23CCCCC3)ccc1Cl. The molecule has 1 aliphatic heterocycles. The highest BCUT2D eigenvalue weighted by molar-refractivity contribution is 6.47. The number of Topliss-reactive ketones (excluding diaryl/α,β-unsaturated/α-hetero) is 1. The predicted molar refractivity (Wildman–Crippen MR) is 116 cm³/mol. The third-order valence-corrected chi connectivity index (χ3v) is 6.62. The number of hydrogen-bond donors (Lipinski definition) is 0. The maximum absolute atomic E-state index is 13.3. The van der Waals surface area contributed by atoms with E-state index in [4.69, 9.17) is 16.6 Å². The minimum atomic E-state index is -4.46. The topological polar surface area (TPSA) is 49.7 Å². The van der Waals surface area contributed by atoms with Gasteiger partial charge in [-0.05, 0) is 68.5 Å². The first-order chi connectivity index (χ1) is 15.1. The molecule has 2 aliphatic rings. The summed E-state index contributed by atoms with van der Waals surface area (Å²) in [6, 6.07) is 9.40. The van der Waals surface area contributed by atoms with Crippen molar-refractivity contribution in [3.63, 3.8) is 0 Å². The number of aliphatic imine (C=N–C) groups is 1. The Morgan fingerprint density at radius 1 is 1.09 bits per heavy atom. The molecule has 1 saturated carbocycles. The van der Waals surface area contributed by atoms with E-state index < -0.39 is 23.3 Å². The van der Waals surface area contributed by atoms with E-state index in [1.165, 1.54) is 17.0 Å². The van der Waals surface area contributed by atoms with Gasteiger partial charge in [-0.15, -0.1) is 0 Å². The van der Waals surface area contributed by atoms with Gasteiger partial charge < -0.3 is 4.90 Å². The number of alkyl halides is 3. The third kappa shape index (κ3) is 4.18. The highest BCUT2D eigenvalue weighted by atomic mass is 35.5. The first-order valence-corrected chi connectivity index (χ1v) is 10.9. The van der Waals surface area contributed by atoms with Gasteiger partial charge in [-0.2, -0.15) is 13.2 Å². The van der Waals surface area contributed by atoms with Gasteiger partial charge in [0, 0.05) is 16.1 Å². The van der Waals surface area contributed by atoms with Crippen LogP contribution in [0.1, 0.15) is 59.2 Å². The molecule has 0 atom stereocenters. The number of halogens is 4. The molecule has 0 unspecified atom stereocenters. The van der Waals surface area contributed by atoms with E-state index in [0.717, 1.165) is 37.0 Å². The van der Waals surface area contributed by atoms with Crippen LogP contribution in [0.4, 0.5) is 13.2 Å². The maximum atomic E-state index is 13.3. The summed E-state index contributed by atoms with van der Waals surface area (Å²) in [5.41, 5.74) is 0.0357. The van der Waals surface area contributed by atoms with Gasteiger partial charge in [0.05, 0.1) is 12.1 Å². The van der Waals surface area contributed by atoms with Crippen molar-refractivity contribution < 1.29 is 22.8 Å². The lowest BCUT2D eigenvalue weighted by atomic mass is 9.88. The summed E-state index contributed by atoms with van der Waals surface area (Å²) in [5, 5.41) is 0.551. The molecule has 8 heteroatoms. The lowest BCUT2D eigenvalue weighted by Gasteiger charge is -2.38. The van der Waals surface area contributed by atoms with E-state index in [1.807, 2.05) is 0 Å². The highest BCUT2D eigenvalue weighted by Crippen LogP contribution is 2.40. The monoisotopic (exact) mass is 462 g/mol. The predicted octanol–water partition coefficient (Wildman–Crippen LogP) is 5.84. The second-order valence-corrected chi connectivity index (χ2v) is 8.76. The maximum Gasteiger partial charge on any atom is 0.416 e. The van der Waals surface area contributed by atoms with Crippen molar-refractivity contribution in [2.24, 2.45) is 4.99 Å². The van der Waals surface area contributed by atoms with Crippen LogP contribution in [0.2, 0.25) is 5.02 Å². The van der Waals surface area contributed by atoms with Gasteiger partial charge in [-0.1, -0.05) is 30.2 Å². The number of amides is 1. The fraction of sp³-hybridized carbons (Fsp3) is 0.375. The van der Waals surface area contributed by atoms with Gasteiger partial charge in [0.2, 0.25) is 0 Å². The first-order valence-electron chi connectivity index (χ1n) is 10.5. The molecular formula is C24H22ClF3N2O2. The van der Waals surface area contributed by atoms with E-state index in [0.29, 0.717) is 29.0 Å². The molecule has 0 bridgehead atoms. The minimum absolute atomic E-state index is 0.112. The van der Waals surface area contributed by atoms with E-state index >= 15 is 0 Å². The number of benzene rings is 2. The normalized spacial score (nSPS) is 18.2. The number of rotatable bonds is 4. The van der Waals surface area contributed by atoms with Crippen LogP contribution in [0.15, 0.2) is 47.5 Å². The van der Waals surface area contributed by atoms with Crippen molar-refractivity contribution in [3.05, 3.63) is 69.7 Å². The van der Waals surface area contributed by atoms with Crippen LogP contribution in [-0.4, -0.2) is 34.5 Å². The molecule has 1 heterocycles. The molecule has 2 aromatic carbocycles. The summed E-state index contributed by atoms with van der Waals surface area (Å²) < 4.78 is 38.8. The number of hydrogen-bond acceptors (Lipinski definition) is 3. The molecule has 2 aromatic rings. The zero-order chi connectivity index (χ0) is 23.1. The van der Waals surface area contributed by atoms with E-state index in [-0.39, 0.29) is 18.0 Å². The number of aryl methyl sites for hydroxylation is 1. The first kappa shape index (κ1) is 22.5. The van der Waals surface area contributed by atoms with Crippen LogP contribution in [0.3, 0.4) is 0 Å². The largest absolute Gasteiger partial charge is 0.416 e. The number of nitrogens with zero attached hydrogens (tertiary/aromatic N) is 2. The zero-order valence-corrected chi connectivity index (χ0v) is 18.3. The van der Waals surface area contributed by atoms with Crippen LogP contribution in [0, 0.1) is 6.92 Å². The summed E-state index contributed by atoms with van der Waals surface area (Å²) in [4.78, 5) is 32.6. The van der Waals surface area contributed by atoms with Crippen molar-refractivity contribution in [1.29, 1.82) is 0 Å². The fourth-order valence-corrected chi connectivity index (χ4v) is 4.53. The van der Waals surface area contributed by atoms with Crippen molar-refractivity contribution >= 4 is 29.0 Å². The molecule has 0 saturated heterocycles. The van der Waals surface area contributed by atoms with Gasteiger partial charge >= 0.3 is 6.18 Å². The minimum Gasteiger partial charge on any atom is -0.305 e. The van der Waals surface area contributed by atoms with E-state index in [9.17, 15) is 22.8 Å². The van der Waals surface area contributed by atoms with Gasteiger partial charge in [-0.3, -0.25) is 14.6 Å². The Morgan fingerprint density at radius 3 is 2.34 bits per heavy atom. The Balaban J connectivity index is 1.65. The van der Waals surface area contributed by atoms with Crippen molar-refractivity contribution in [3.8, 4) is 0 Å². The molecule has 4 nitrogen and oxygen atoms in total. The molecule has 0 radical (unpaired) electrons. The lowest BCUT2D eigenvalue weighted by molar-refractivity contribution is -0.137. The van der Waals surface area contributed by atoms with Gasteiger partial charge in [0.15, 0.2) is 5.78 Å². The Bertz CT molecular complexity index is 1090. The molecule has 168 valence electrons. The average molecular weight is 463 g/mol. The summed E-state index contributed by atoms with van der Waals surface area (Å²) >= 11 is 6.06. The van der Waals surface area contributed by atoms with Crippen molar-refractivity contribution in [2.45, 2.75) is 50.9 Å². The Hall–Kier alpha value is -2.67. The summed E-state index contributed by atoms with van der Waals surface area (Å²) in [6.45, 7) is 1.65. The van der Waals surface area contributed by atoms with Gasteiger partial charge in [0.25, 0.3) is 5.91 Å². The lowest BCUT2D eigenvalue weighted by Crippen LogP contribution is -2.50. The summed E-state index contributed by atoms with van der Waals surface area (Å²) in [5.74, 6) is -0.655. The average Bonchev–Trinajstić information content (AvgIpc) is 3.01. The third-order valence-electron chi connectivity index (χ3n) is 6.19. The molecule has 0 aromatic heterocycles. The van der Waals surface area contributed by atoms with Gasteiger partial charge in [0.1, 0.15) is 11.4 Å². The quantitative estimate of drug-likeness (QED) is 0.536. The number of carbonyl (C=O) groups is 2. The van der Waals surface area contributed by atoms with Crippen LogP contribution in [0.5, 0.6) is 0 Å². The Labute approximate surface area is 189 Å². The highest BCUT2D eigenvalue weighted by Gasteiger charge is 2.48. The van der Waals surface area contributed by atoms with Crippen molar-refractivity contribution in [1.82, 2.24) is 4.90 Å². The Morgan fingerprint density at radius 2 is 1.75 bits per heavy atom. The molecular weight excluding hydrogens is 441 g/mol. The number of carbonyl (C=O) groups excluding carboxylic acids is 2. The van der Waals surface area contributed by atoms with Crippen LogP contribution < -0.4 is 0 Å². The van der Waals surface area contributed by atoms with Crippen LogP contribution in [-0.2, 0) is 11.0 Å². The molecule has 4 rings (SSSR count). The fourth-order valence-electron chi connectivity index (χ4n) is 4.41. The van der Waals surface area contributed by atoms with Crippen LogP contribution in [0.25, 0.3) is 0 Å². The molecule has 1 amide bonds. The number of ketones is 1. The van der Waals surface area contributed by atoms with E-state index in [2.05, 4.69) is 0 Å². The second kappa shape index (κ2) is 8.35. The zero-order valence-electron chi connectivity index (χ0n) is 17.5. The molecule has 1 aliphatic carbocycles. The molecule has 0 N–H and O–H groups in total. The van der Waals surface area contributed by atoms with Gasteiger partial charge in [-0.25, -0.2) is 0 Å². The molecule has 32 heavy (non-hydrogen) atoms. The summed E-state index contributed by atoms with van der Waals surface area (Å²) in [7, 11) is 0. The standard InChI is InChI=1S/C24H22ClF3N2O2/c1-15-13-17(7-10-19(15)25)20(31)14-30-22(32)21(29-23(30)11-3-2-4-12-23)16-5-8-18(9-6-16)24(26,27)28/h5-10,13H,2-4,11-12,14H2,1H3. The second-order valence-electron chi connectivity index (χ2n) is 8.36. The molecule has 1 spiro atoms. The van der Waals surface area contributed by atoms with E-state index in [1.54, 1.807) is 25.1 Å². The Kier molecular flexibility index (Phi) is 5.88. The summed E-state index contributed by atoms with van der Waals surface area (Å²) in [6.07, 6.45) is -0.478.